The van der Waals surface area contributed by atoms with E-state index >= 15 is 0 Å². The summed E-state index contributed by atoms with van der Waals surface area (Å²) in [5.41, 5.74) is 13.3. The van der Waals surface area contributed by atoms with Gasteiger partial charge >= 0.3 is 0 Å². The van der Waals surface area contributed by atoms with Gasteiger partial charge in [-0.25, -0.2) is 0 Å². The third-order valence-electron chi connectivity index (χ3n) is 3.13. The van der Waals surface area contributed by atoms with E-state index in [-0.39, 0.29) is 0 Å². The van der Waals surface area contributed by atoms with Crippen molar-refractivity contribution < 1.29 is 0 Å². The molecule has 130 valence electrons. The number of rotatable bonds is 6. The van der Waals surface area contributed by atoms with Gasteiger partial charge in [0.15, 0.2) is 0 Å². The van der Waals surface area contributed by atoms with Gasteiger partial charge in [-0.15, -0.1) is 23.5 Å². The molecule has 2 heterocycles. The first-order chi connectivity index (χ1) is 11.6. The van der Waals surface area contributed by atoms with E-state index in [1.54, 1.807) is 0 Å². The summed E-state index contributed by atoms with van der Waals surface area (Å²) in [7, 11) is 0. The number of nitrogen functional groups attached to an aromatic ring is 2. The molecular weight excluding hydrogens is 413 g/mol. The van der Waals surface area contributed by atoms with Crippen molar-refractivity contribution in [1.82, 2.24) is 0 Å². The fourth-order valence-electron chi connectivity index (χ4n) is 1.98. The second kappa shape index (κ2) is 8.86. The van der Waals surface area contributed by atoms with E-state index in [0.29, 0.717) is 11.4 Å². The number of hydrogen-bond donors (Lipinski definition) is 2. The molecule has 4 N–H and O–H groups in total. The van der Waals surface area contributed by atoms with Crippen LogP contribution in [0.25, 0.3) is 0 Å². The average Bonchev–Trinajstić information content (AvgIpc) is 3.15. The van der Waals surface area contributed by atoms with E-state index in [1.807, 2.05) is 82.7 Å². The Morgan fingerprint density at radius 3 is 1.58 bits per heavy atom. The molecule has 8 heteroatoms. The molecule has 0 bridgehead atoms. The van der Waals surface area contributed by atoms with Crippen LogP contribution in [0, 0.1) is 0 Å². The number of benzene rings is 1. The van der Waals surface area contributed by atoms with Gasteiger partial charge < -0.3 is 11.5 Å². The maximum atomic E-state index is 5.96. The van der Waals surface area contributed by atoms with E-state index in [9.17, 15) is 0 Å². The number of nitrogens with two attached hydrogens (primary N) is 2. The van der Waals surface area contributed by atoms with Crippen LogP contribution in [0.3, 0.4) is 0 Å². The van der Waals surface area contributed by atoms with Crippen molar-refractivity contribution in [3.63, 3.8) is 0 Å². The Hall–Kier alpha value is 0.400. The minimum absolute atomic E-state index is 0.677. The van der Waals surface area contributed by atoms with E-state index < -0.39 is 0 Å². The molecule has 24 heavy (non-hydrogen) atoms. The number of thioether (sulfide) groups is 6. The summed E-state index contributed by atoms with van der Waals surface area (Å²) in [5, 5.41) is 0. The molecule has 0 spiro atoms. The quantitative estimate of drug-likeness (QED) is 0.463. The summed E-state index contributed by atoms with van der Waals surface area (Å²) in [6, 6.07) is 4.01. The molecule has 2 aliphatic heterocycles. The van der Waals surface area contributed by atoms with E-state index in [4.69, 9.17) is 11.5 Å². The first-order valence-electron chi connectivity index (χ1n) is 7.76. The zero-order valence-corrected chi connectivity index (χ0v) is 18.5. The molecule has 0 amide bonds. The molecule has 3 rings (SSSR count). The van der Waals surface area contributed by atoms with E-state index in [2.05, 4.69) is 13.8 Å². The minimum Gasteiger partial charge on any atom is -0.397 e. The summed E-state index contributed by atoms with van der Waals surface area (Å²) < 4.78 is 5.75. The van der Waals surface area contributed by atoms with Gasteiger partial charge in [-0.05, 0) is 36.5 Å². The topological polar surface area (TPSA) is 52.0 Å². The Morgan fingerprint density at radius 1 is 0.750 bits per heavy atom. The van der Waals surface area contributed by atoms with Crippen LogP contribution in [0.4, 0.5) is 11.4 Å². The highest BCUT2D eigenvalue weighted by Crippen LogP contribution is 2.64. The Labute approximate surface area is 169 Å². The standard InChI is InChI=1S/C16H20N2S6/c1-3-5-19-13-14(20-6-4-2)24-16(23-13)15-21-11-7-9(17)10(18)8-12(11)22-15/h7-8H,3-6,17-18H2,1-2H3. The Kier molecular flexibility index (Phi) is 7.08. The summed E-state index contributed by atoms with van der Waals surface area (Å²) in [5.74, 6) is 2.38. The molecule has 0 atom stereocenters. The highest BCUT2D eigenvalue weighted by Gasteiger charge is 2.29. The summed E-state index contributed by atoms with van der Waals surface area (Å²) in [4.78, 5) is 2.46. The van der Waals surface area contributed by atoms with Crippen LogP contribution in [0.15, 0.2) is 38.9 Å². The molecule has 1 aromatic rings. The van der Waals surface area contributed by atoms with Crippen molar-refractivity contribution in [2.75, 3.05) is 23.0 Å². The molecule has 0 unspecified atom stereocenters. The number of fused-ring (bicyclic) bond motifs is 1. The van der Waals surface area contributed by atoms with Gasteiger partial charge in [0, 0.05) is 9.79 Å². The lowest BCUT2D eigenvalue weighted by Crippen LogP contribution is -1.94. The van der Waals surface area contributed by atoms with Crippen molar-refractivity contribution in [2.24, 2.45) is 0 Å². The van der Waals surface area contributed by atoms with Gasteiger partial charge in [0.25, 0.3) is 0 Å². The Balaban J connectivity index is 1.78. The highest BCUT2D eigenvalue weighted by molar-refractivity contribution is 8.42. The van der Waals surface area contributed by atoms with Crippen LogP contribution in [0.5, 0.6) is 0 Å². The third kappa shape index (κ3) is 4.38. The molecule has 0 saturated carbocycles. The smallest absolute Gasteiger partial charge is 0.0717 e. The average molecular weight is 433 g/mol. The molecule has 2 nitrogen and oxygen atoms in total. The van der Waals surface area contributed by atoms with Gasteiger partial charge in [0.05, 0.1) is 28.3 Å². The van der Waals surface area contributed by atoms with Crippen molar-refractivity contribution in [3.8, 4) is 0 Å². The maximum absolute atomic E-state index is 5.96. The fourth-order valence-corrected chi connectivity index (χ4v) is 10.5. The molecule has 0 aliphatic carbocycles. The summed E-state index contributed by atoms with van der Waals surface area (Å²) >= 11 is 11.6. The molecular formula is C16H20N2S6. The first kappa shape index (κ1) is 19.2. The van der Waals surface area contributed by atoms with Crippen LogP contribution in [-0.2, 0) is 0 Å². The van der Waals surface area contributed by atoms with Gasteiger partial charge in [-0.3, -0.25) is 0 Å². The lowest BCUT2D eigenvalue weighted by atomic mass is 10.3. The SMILES string of the molecule is CCCSC1=C(SCCC)SC(=C2Sc3cc(N)c(N)cc3S2)S1. The lowest BCUT2D eigenvalue weighted by molar-refractivity contribution is 1.11. The molecule has 1 aromatic carbocycles. The largest absolute Gasteiger partial charge is 0.397 e. The van der Waals surface area contributed by atoms with Crippen molar-refractivity contribution in [1.29, 1.82) is 0 Å². The maximum Gasteiger partial charge on any atom is 0.0717 e. The Morgan fingerprint density at radius 2 is 1.17 bits per heavy atom. The van der Waals surface area contributed by atoms with E-state index in [0.717, 1.165) is 0 Å². The van der Waals surface area contributed by atoms with Gasteiger partial charge in [-0.1, -0.05) is 60.9 Å². The predicted octanol–water partition coefficient (Wildman–Crippen LogP) is 7.07. The first-order valence-corrected chi connectivity index (χ1v) is 13.0. The molecule has 0 aromatic heterocycles. The van der Waals surface area contributed by atoms with Gasteiger partial charge in [0.2, 0.25) is 0 Å². The van der Waals surface area contributed by atoms with Crippen LogP contribution < -0.4 is 11.5 Å². The minimum atomic E-state index is 0.677. The van der Waals surface area contributed by atoms with Crippen LogP contribution in [-0.4, -0.2) is 11.5 Å². The number of hydrogen-bond acceptors (Lipinski definition) is 8. The molecule has 2 aliphatic rings. The van der Waals surface area contributed by atoms with E-state index in [1.165, 1.54) is 51.1 Å². The summed E-state index contributed by atoms with van der Waals surface area (Å²) in [6.07, 6.45) is 2.43. The van der Waals surface area contributed by atoms with Crippen molar-refractivity contribution in [3.05, 3.63) is 29.1 Å². The highest BCUT2D eigenvalue weighted by atomic mass is 32.3. The van der Waals surface area contributed by atoms with Gasteiger partial charge in [-0.2, -0.15) is 0 Å². The molecule has 0 radical (unpaired) electrons. The van der Waals surface area contributed by atoms with Crippen LogP contribution in [0.2, 0.25) is 0 Å². The van der Waals surface area contributed by atoms with Gasteiger partial charge in [0.1, 0.15) is 0 Å². The zero-order chi connectivity index (χ0) is 17.1. The second-order valence-electron chi connectivity index (χ2n) is 5.18. The lowest BCUT2D eigenvalue weighted by Gasteiger charge is -2.02. The normalized spacial score (nSPS) is 17.1. The zero-order valence-electron chi connectivity index (χ0n) is 13.6. The number of anilines is 2. The Bertz CT molecular complexity index is 643. The molecule has 0 fully saturated rings. The summed E-state index contributed by atoms with van der Waals surface area (Å²) in [6.45, 7) is 4.49. The van der Waals surface area contributed by atoms with Crippen molar-refractivity contribution in [2.45, 2.75) is 36.5 Å². The van der Waals surface area contributed by atoms with Crippen LogP contribution >= 0.6 is 70.6 Å². The van der Waals surface area contributed by atoms with Crippen molar-refractivity contribution >= 4 is 81.9 Å². The molecule has 0 saturated heterocycles. The fraction of sp³-hybridized carbons (Fsp3) is 0.375. The third-order valence-corrected chi connectivity index (χ3v) is 12.1. The predicted molar refractivity (Wildman–Crippen MR) is 122 cm³/mol. The van der Waals surface area contributed by atoms with Crippen LogP contribution in [0.1, 0.15) is 26.7 Å². The second-order valence-corrected chi connectivity index (χ2v) is 12.6. The monoisotopic (exact) mass is 432 g/mol.